The molecule has 5 rings (SSSR count). The van der Waals surface area contributed by atoms with E-state index in [-0.39, 0.29) is 22.9 Å². The second-order valence-corrected chi connectivity index (χ2v) is 7.58. The van der Waals surface area contributed by atoms with E-state index in [1.54, 1.807) is 10.6 Å². The molecule has 0 amide bonds. The van der Waals surface area contributed by atoms with E-state index in [0.717, 1.165) is 24.8 Å². The molecule has 1 aliphatic rings. The van der Waals surface area contributed by atoms with Crippen molar-refractivity contribution < 1.29 is 9.15 Å². The Balaban J connectivity index is 1.43. The number of fused-ring (bicyclic) bond motifs is 3. The third kappa shape index (κ3) is 3.04. The monoisotopic (exact) mass is 399 g/mol. The number of hydrogen-bond acceptors (Lipinski definition) is 7. The molecule has 3 aromatic heterocycles. The van der Waals surface area contributed by atoms with Gasteiger partial charge in [-0.15, -0.1) is 5.10 Å². The Morgan fingerprint density at radius 3 is 3.04 bits per heavy atom. The average Bonchev–Trinajstić information content (AvgIpc) is 3.42. The van der Waals surface area contributed by atoms with Crippen LogP contribution in [0.15, 0.2) is 43.4 Å². The van der Waals surface area contributed by atoms with Gasteiger partial charge >= 0.3 is 5.69 Å². The molecular weight excluding hydrogens is 382 g/mol. The largest absolute Gasteiger partial charge is 0.449 e. The number of aromatic nitrogens is 5. The molecule has 0 radical (unpaired) electrons. The molecule has 28 heavy (non-hydrogen) atoms. The highest BCUT2D eigenvalue weighted by atomic mass is 32.2. The van der Waals surface area contributed by atoms with Crippen molar-refractivity contribution in [3.63, 3.8) is 0 Å². The Bertz CT molecular complexity index is 1260. The second-order valence-electron chi connectivity index (χ2n) is 6.63. The zero-order valence-electron chi connectivity index (χ0n) is 14.8. The fourth-order valence-electron chi connectivity index (χ4n) is 3.42. The van der Waals surface area contributed by atoms with E-state index in [1.807, 2.05) is 18.2 Å². The average molecular weight is 399 g/mol. The van der Waals surface area contributed by atoms with Crippen LogP contribution in [-0.2, 0) is 17.0 Å². The van der Waals surface area contributed by atoms with Crippen molar-refractivity contribution in [2.45, 2.75) is 36.4 Å². The van der Waals surface area contributed by atoms with E-state index in [2.05, 4.69) is 20.2 Å². The minimum Gasteiger partial charge on any atom is -0.449 e. The van der Waals surface area contributed by atoms with Gasteiger partial charge in [-0.1, -0.05) is 23.9 Å². The van der Waals surface area contributed by atoms with E-state index in [9.17, 15) is 9.59 Å². The summed E-state index contributed by atoms with van der Waals surface area (Å²) in [5.74, 6) is 0.855. The minimum absolute atomic E-state index is 0.0289. The number of furan rings is 1. The third-order valence-electron chi connectivity index (χ3n) is 4.75. The Morgan fingerprint density at radius 2 is 2.18 bits per heavy atom. The van der Waals surface area contributed by atoms with Crippen molar-refractivity contribution in [1.82, 2.24) is 24.7 Å². The summed E-state index contributed by atoms with van der Waals surface area (Å²) in [5, 5.41) is 7.91. The summed E-state index contributed by atoms with van der Waals surface area (Å²) < 4.78 is 12.8. The van der Waals surface area contributed by atoms with Crippen molar-refractivity contribution in [3.05, 3.63) is 50.9 Å². The third-order valence-corrected chi connectivity index (χ3v) is 5.74. The first-order valence-corrected chi connectivity index (χ1v) is 9.97. The summed E-state index contributed by atoms with van der Waals surface area (Å²) in [6, 6.07) is 7.40. The Hall–Kier alpha value is -2.85. The number of nitrogens with one attached hydrogen (secondary N) is 2. The van der Waals surface area contributed by atoms with E-state index in [0.29, 0.717) is 34.4 Å². The van der Waals surface area contributed by atoms with Crippen molar-refractivity contribution in [3.8, 4) is 0 Å². The first-order valence-electron chi connectivity index (χ1n) is 8.99. The maximum absolute atomic E-state index is 12.4. The Kier molecular flexibility index (Phi) is 4.29. The van der Waals surface area contributed by atoms with Crippen molar-refractivity contribution in [1.29, 1.82) is 0 Å². The number of thioether (sulfide) groups is 1. The SMILES string of the molecule is O=c1[nH]c(CSc2n[nH]c(=O)n2CC2CCCO2)nc2c1oc1ccccc12. The lowest BCUT2D eigenvalue weighted by atomic mass is 10.2. The fraction of sp³-hybridized carbons (Fsp3) is 0.333. The predicted octanol–water partition coefficient (Wildman–Crippen LogP) is 2.03. The summed E-state index contributed by atoms with van der Waals surface area (Å²) in [7, 11) is 0. The maximum Gasteiger partial charge on any atom is 0.344 e. The van der Waals surface area contributed by atoms with Crippen LogP contribution in [0, 0.1) is 0 Å². The quantitative estimate of drug-likeness (QED) is 0.493. The van der Waals surface area contributed by atoms with E-state index in [4.69, 9.17) is 9.15 Å². The van der Waals surface area contributed by atoms with Gasteiger partial charge in [-0.2, -0.15) is 0 Å². The van der Waals surface area contributed by atoms with Gasteiger partial charge in [0.05, 0.1) is 18.4 Å². The first kappa shape index (κ1) is 17.3. The van der Waals surface area contributed by atoms with Gasteiger partial charge in [-0.25, -0.2) is 14.9 Å². The first-order chi connectivity index (χ1) is 13.7. The molecular formula is C18H17N5O4S. The summed E-state index contributed by atoms with van der Waals surface area (Å²) in [6.07, 6.45) is 1.96. The van der Waals surface area contributed by atoms with Crippen molar-refractivity contribution in [2.75, 3.05) is 6.61 Å². The molecule has 0 bridgehead atoms. The molecule has 4 heterocycles. The molecule has 144 valence electrons. The number of H-pyrrole nitrogens is 2. The summed E-state index contributed by atoms with van der Waals surface area (Å²) in [6.45, 7) is 1.19. The van der Waals surface area contributed by atoms with Crippen LogP contribution in [0.1, 0.15) is 18.7 Å². The zero-order chi connectivity index (χ0) is 19.1. The van der Waals surface area contributed by atoms with Gasteiger partial charge < -0.3 is 14.1 Å². The number of hydrogen-bond donors (Lipinski definition) is 2. The fourth-order valence-corrected chi connectivity index (χ4v) is 4.24. The van der Waals surface area contributed by atoms with Gasteiger partial charge in [0, 0.05) is 12.0 Å². The highest BCUT2D eigenvalue weighted by molar-refractivity contribution is 7.98. The molecule has 0 spiro atoms. The van der Waals surface area contributed by atoms with E-state index in [1.165, 1.54) is 11.8 Å². The lowest BCUT2D eigenvalue weighted by Crippen LogP contribution is -2.25. The van der Waals surface area contributed by atoms with E-state index >= 15 is 0 Å². The number of aromatic amines is 2. The molecule has 9 nitrogen and oxygen atoms in total. The number of para-hydroxylation sites is 1. The second kappa shape index (κ2) is 6.95. The lowest BCUT2D eigenvalue weighted by Gasteiger charge is -2.10. The van der Waals surface area contributed by atoms with Gasteiger partial charge in [0.1, 0.15) is 16.9 Å². The van der Waals surface area contributed by atoms with Gasteiger partial charge in [0.15, 0.2) is 5.16 Å². The molecule has 0 saturated carbocycles. The molecule has 2 N–H and O–H groups in total. The smallest absolute Gasteiger partial charge is 0.344 e. The number of ether oxygens (including phenoxy) is 1. The number of nitrogens with zero attached hydrogens (tertiary/aromatic N) is 3. The highest BCUT2D eigenvalue weighted by Crippen LogP contribution is 2.26. The van der Waals surface area contributed by atoms with Crippen LogP contribution in [0.25, 0.3) is 22.1 Å². The number of rotatable bonds is 5. The Morgan fingerprint density at radius 1 is 1.29 bits per heavy atom. The molecule has 1 unspecified atom stereocenters. The van der Waals surface area contributed by atoms with Gasteiger partial charge in [0.25, 0.3) is 5.56 Å². The highest BCUT2D eigenvalue weighted by Gasteiger charge is 2.20. The van der Waals surface area contributed by atoms with Crippen molar-refractivity contribution in [2.24, 2.45) is 0 Å². The molecule has 1 aliphatic heterocycles. The van der Waals surface area contributed by atoms with Gasteiger partial charge in [0.2, 0.25) is 5.58 Å². The topological polar surface area (TPSA) is 119 Å². The summed E-state index contributed by atoms with van der Waals surface area (Å²) >= 11 is 1.33. The molecule has 10 heteroatoms. The van der Waals surface area contributed by atoms with E-state index < -0.39 is 0 Å². The minimum atomic E-state index is -0.324. The van der Waals surface area contributed by atoms with Gasteiger partial charge in [-0.3, -0.25) is 9.36 Å². The molecule has 4 aromatic rings. The predicted molar refractivity (Wildman–Crippen MR) is 104 cm³/mol. The zero-order valence-corrected chi connectivity index (χ0v) is 15.6. The summed E-state index contributed by atoms with van der Waals surface area (Å²) in [4.78, 5) is 31.8. The van der Waals surface area contributed by atoms with Gasteiger partial charge in [-0.05, 0) is 25.0 Å². The maximum atomic E-state index is 12.4. The van der Waals surface area contributed by atoms with Crippen LogP contribution in [0.5, 0.6) is 0 Å². The normalized spacial score (nSPS) is 17.1. The van der Waals surface area contributed by atoms with Crippen LogP contribution in [0.3, 0.4) is 0 Å². The Labute approximate surface area is 162 Å². The van der Waals surface area contributed by atoms with Crippen LogP contribution >= 0.6 is 11.8 Å². The van der Waals surface area contributed by atoms with Crippen LogP contribution < -0.4 is 11.2 Å². The standard InChI is InChI=1S/C18H17N5O4S/c24-16-15-14(11-5-1-2-6-12(11)27-15)19-13(20-16)9-28-18-22-21-17(25)23(18)8-10-4-3-7-26-10/h1-2,5-6,10H,3-4,7-9H2,(H,21,25)(H,19,20,24). The number of benzene rings is 1. The van der Waals surface area contributed by atoms with Crippen molar-refractivity contribution >= 4 is 33.8 Å². The van der Waals surface area contributed by atoms with Crippen LogP contribution in [0.2, 0.25) is 0 Å². The molecule has 0 aliphatic carbocycles. The molecule has 1 atom stereocenters. The lowest BCUT2D eigenvalue weighted by molar-refractivity contribution is 0.0941. The van der Waals surface area contributed by atoms with Crippen LogP contribution in [-0.4, -0.2) is 37.4 Å². The molecule has 1 aromatic carbocycles. The molecule has 1 saturated heterocycles. The molecule has 1 fully saturated rings. The summed E-state index contributed by atoms with van der Waals surface area (Å²) in [5.41, 5.74) is 0.781. The van der Waals surface area contributed by atoms with Crippen LogP contribution in [0.4, 0.5) is 0 Å².